The molecule has 0 radical (unpaired) electrons. The highest BCUT2D eigenvalue weighted by molar-refractivity contribution is 7.20. The molecule has 0 saturated carbocycles. The molecule has 5 nitrogen and oxygen atoms in total. The van der Waals surface area contributed by atoms with Crippen LogP contribution >= 0.6 is 22.9 Å². The lowest BCUT2D eigenvalue weighted by molar-refractivity contribution is 0.100. The first-order valence-corrected chi connectivity index (χ1v) is 6.89. The maximum Gasteiger partial charge on any atom is 0.319 e. The van der Waals surface area contributed by atoms with E-state index in [-0.39, 0.29) is 5.56 Å². The van der Waals surface area contributed by atoms with Gasteiger partial charge in [0.25, 0.3) is 5.91 Å². The molecular weight excluding hydrogens is 298 g/mol. The van der Waals surface area contributed by atoms with E-state index in [4.69, 9.17) is 17.3 Å². The first-order chi connectivity index (χ1) is 9.51. The fourth-order valence-corrected chi connectivity index (χ4v) is 2.78. The first kappa shape index (κ1) is 14.4. The minimum Gasteiger partial charge on any atom is -0.366 e. The summed E-state index contributed by atoms with van der Waals surface area (Å²) in [7, 11) is 1.49. The van der Waals surface area contributed by atoms with Crippen molar-refractivity contribution in [3.05, 3.63) is 40.9 Å². The summed E-state index contributed by atoms with van der Waals surface area (Å²) in [6.45, 7) is 0. The molecule has 0 aliphatic heterocycles. The highest BCUT2D eigenvalue weighted by Crippen LogP contribution is 2.35. The van der Waals surface area contributed by atoms with Crippen LogP contribution in [-0.2, 0) is 0 Å². The van der Waals surface area contributed by atoms with Crippen molar-refractivity contribution in [3.8, 4) is 10.4 Å². The summed E-state index contributed by atoms with van der Waals surface area (Å²) in [6.07, 6.45) is 0. The lowest BCUT2D eigenvalue weighted by Crippen LogP contribution is -2.25. The Labute approximate surface area is 124 Å². The summed E-state index contributed by atoms with van der Waals surface area (Å²) in [5.41, 5.74) is 6.50. The molecular formula is C13H12ClN3O2S. The predicted octanol–water partition coefficient (Wildman–Crippen LogP) is 2.92. The number of urea groups is 1. The molecule has 1 aromatic heterocycles. The third-order valence-corrected chi connectivity index (χ3v) is 3.93. The normalized spacial score (nSPS) is 10.1. The molecule has 4 N–H and O–H groups in total. The molecule has 0 saturated heterocycles. The lowest BCUT2D eigenvalue weighted by atomic mass is 10.1. The van der Waals surface area contributed by atoms with Crippen LogP contribution in [0.2, 0.25) is 5.02 Å². The Kier molecular flexibility index (Phi) is 4.26. The van der Waals surface area contributed by atoms with Crippen LogP contribution in [0.5, 0.6) is 0 Å². The number of nitrogens with one attached hydrogen (secondary N) is 2. The van der Waals surface area contributed by atoms with Gasteiger partial charge in [0.1, 0.15) is 5.00 Å². The maximum atomic E-state index is 11.4. The summed E-state index contributed by atoms with van der Waals surface area (Å²) >= 11 is 7.11. The molecule has 0 fully saturated rings. The molecule has 2 aromatic rings. The molecule has 0 bridgehead atoms. The third-order valence-electron chi connectivity index (χ3n) is 2.58. The number of anilines is 1. The molecule has 1 heterocycles. The van der Waals surface area contributed by atoms with Gasteiger partial charge in [-0.25, -0.2) is 4.79 Å². The second-order valence-electron chi connectivity index (χ2n) is 3.93. The summed E-state index contributed by atoms with van der Waals surface area (Å²) in [5, 5.41) is 6.05. The van der Waals surface area contributed by atoms with Gasteiger partial charge in [0.15, 0.2) is 0 Å². The van der Waals surface area contributed by atoms with Gasteiger partial charge in [0.05, 0.1) is 5.56 Å². The SMILES string of the molecule is CNC(=O)Nc1sc(-c2ccc(Cl)cc2)cc1C(N)=O. The van der Waals surface area contributed by atoms with Crippen molar-refractivity contribution in [2.45, 2.75) is 0 Å². The van der Waals surface area contributed by atoms with Gasteiger partial charge < -0.3 is 11.1 Å². The molecule has 0 aliphatic carbocycles. The Morgan fingerprint density at radius 1 is 1.25 bits per heavy atom. The number of rotatable bonds is 3. The van der Waals surface area contributed by atoms with Crippen LogP contribution in [0, 0.1) is 0 Å². The van der Waals surface area contributed by atoms with Crippen molar-refractivity contribution in [1.29, 1.82) is 0 Å². The maximum absolute atomic E-state index is 11.4. The van der Waals surface area contributed by atoms with E-state index in [1.807, 2.05) is 12.1 Å². The number of carbonyl (C=O) groups is 2. The van der Waals surface area contributed by atoms with Gasteiger partial charge in [-0.15, -0.1) is 11.3 Å². The van der Waals surface area contributed by atoms with Crippen molar-refractivity contribution >= 4 is 39.9 Å². The number of primary amides is 1. The zero-order chi connectivity index (χ0) is 14.7. The van der Waals surface area contributed by atoms with E-state index in [9.17, 15) is 9.59 Å². The van der Waals surface area contributed by atoms with Crippen molar-refractivity contribution in [1.82, 2.24) is 5.32 Å². The Bertz CT molecular complexity index is 652. The van der Waals surface area contributed by atoms with Gasteiger partial charge in [0.2, 0.25) is 0 Å². The number of halogens is 1. The van der Waals surface area contributed by atoms with Gasteiger partial charge in [-0.05, 0) is 23.8 Å². The fourth-order valence-electron chi connectivity index (χ4n) is 1.59. The summed E-state index contributed by atoms with van der Waals surface area (Å²) < 4.78 is 0. The van der Waals surface area contributed by atoms with Crippen molar-refractivity contribution < 1.29 is 9.59 Å². The van der Waals surface area contributed by atoms with Crippen LogP contribution in [0.25, 0.3) is 10.4 Å². The second-order valence-corrected chi connectivity index (χ2v) is 5.42. The van der Waals surface area contributed by atoms with Crippen LogP contribution < -0.4 is 16.4 Å². The Morgan fingerprint density at radius 2 is 1.90 bits per heavy atom. The number of amides is 3. The second kappa shape index (κ2) is 5.94. The smallest absolute Gasteiger partial charge is 0.319 e. The van der Waals surface area contributed by atoms with Crippen LogP contribution in [0.15, 0.2) is 30.3 Å². The van der Waals surface area contributed by atoms with E-state index in [0.717, 1.165) is 10.4 Å². The average molecular weight is 310 g/mol. The van der Waals surface area contributed by atoms with Gasteiger partial charge >= 0.3 is 6.03 Å². The van der Waals surface area contributed by atoms with E-state index in [2.05, 4.69) is 10.6 Å². The van der Waals surface area contributed by atoms with E-state index in [1.54, 1.807) is 18.2 Å². The molecule has 0 spiro atoms. The average Bonchev–Trinajstić information content (AvgIpc) is 2.83. The number of hydrogen-bond acceptors (Lipinski definition) is 3. The van der Waals surface area contributed by atoms with E-state index in [1.165, 1.54) is 18.4 Å². The molecule has 0 aliphatic rings. The van der Waals surface area contributed by atoms with E-state index >= 15 is 0 Å². The molecule has 3 amide bonds. The zero-order valence-corrected chi connectivity index (χ0v) is 12.1. The van der Waals surface area contributed by atoms with Crippen LogP contribution in [0.3, 0.4) is 0 Å². The van der Waals surface area contributed by atoms with Crippen molar-refractivity contribution in [2.75, 3.05) is 12.4 Å². The molecule has 0 atom stereocenters. The predicted molar refractivity (Wildman–Crippen MR) is 81.4 cm³/mol. The van der Waals surface area contributed by atoms with Gasteiger partial charge in [-0.3, -0.25) is 10.1 Å². The zero-order valence-electron chi connectivity index (χ0n) is 10.6. The number of carbonyl (C=O) groups excluding carboxylic acids is 2. The van der Waals surface area contributed by atoms with Gasteiger partial charge in [-0.2, -0.15) is 0 Å². The summed E-state index contributed by atoms with van der Waals surface area (Å²) in [5.74, 6) is -0.590. The van der Waals surface area contributed by atoms with Crippen LogP contribution in [0.1, 0.15) is 10.4 Å². The Morgan fingerprint density at radius 3 is 2.45 bits per heavy atom. The topological polar surface area (TPSA) is 84.2 Å². The van der Waals surface area contributed by atoms with Crippen molar-refractivity contribution in [2.24, 2.45) is 5.73 Å². The summed E-state index contributed by atoms with van der Waals surface area (Å²) in [6, 6.07) is 8.43. The lowest BCUT2D eigenvalue weighted by Gasteiger charge is -2.02. The van der Waals surface area contributed by atoms with E-state index < -0.39 is 11.9 Å². The first-order valence-electron chi connectivity index (χ1n) is 5.69. The number of hydrogen-bond donors (Lipinski definition) is 3. The van der Waals surface area contributed by atoms with Gasteiger partial charge in [-0.1, -0.05) is 23.7 Å². The molecule has 104 valence electrons. The standard InChI is InChI=1S/C13H12ClN3O2S/c1-16-13(19)17-12-9(11(15)18)6-10(20-12)7-2-4-8(14)5-3-7/h2-6H,1H3,(H2,15,18)(H2,16,17,19). The minimum absolute atomic E-state index is 0.281. The molecule has 7 heteroatoms. The fraction of sp³-hybridized carbons (Fsp3) is 0.0769. The molecule has 2 rings (SSSR count). The van der Waals surface area contributed by atoms with Crippen LogP contribution in [0.4, 0.5) is 9.80 Å². The number of thiophene rings is 1. The van der Waals surface area contributed by atoms with E-state index in [0.29, 0.717) is 10.0 Å². The molecule has 20 heavy (non-hydrogen) atoms. The monoisotopic (exact) mass is 309 g/mol. The summed E-state index contributed by atoms with van der Waals surface area (Å²) in [4.78, 5) is 23.6. The van der Waals surface area contributed by atoms with Gasteiger partial charge in [0, 0.05) is 16.9 Å². The number of benzene rings is 1. The minimum atomic E-state index is -0.590. The Balaban J connectivity index is 2.40. The Hall–Kier alpha value is -2.05. The van der Waals surface area contributed by atoms with Crippen LogP contribution in [-0.4, -0.2) is 19.0 Å². The highest BCUT2D eigenvalue weighted by Gasteiger charge is 2.16. The van der Waals surface area contributed by atoms with Crippen molar-refractivity contribution in [3.63, 3.8) is 0 Å². The highest BCUT2D eigenvalue weighted by atomic mass is 35.5. The third kappa shape index (κ3) is 3.09. The number of nitrogens with two attached hydrogens (primary N) is 1. The molecule has 0 unspecified atom stereocenters. The molecule has 1 aromatic carbocycles. The largest absolute Gasteiger partial charge is 0.366 e. The quantitative estimate of drug-likeness (QED) is 0.814.